The zero-order valence-corrected chi connectivity index (χ0v) is 12.5. The Bertz CT molecular complexity index is 666. The minimum atomic E-state index is -0.143. The SMILES string of the molecule is Cc1nnc(SCC(C#N)CCC#N)n1-c1ccccc1. The van der Waals surface area contributed by atoms with Crippen molar-refractivity contribution in [2.24, 2.45) is 5.92 Å². The van der Waals surface area contributed by atoms with Crippen molar-refractivity contribution in [3.63, 3.8) is 0 Å². The number of nitriles is 2. The second kappa shape index (κ2) is 7.47. The molecule has 21 heavy (non-hydrogen) atoms. The fourth-order valence-corrected chi connectivity index (χ4v) is 2.97. The zero-order valence-electron chi connectivity index (χ0n) is 11.7. The Morgan fingerprint density at radius 1 is 1.24 bits per heavy atom. The van der Waals surface area contributed by atoms with Gasteiger partial charge in [0.2, 0.25) is 0 Å². The van der Waals surface area contributed by atoms with Crippen LogP contribution < -0.4 is 0 Å². The van der Waals surface area contributed by atoms with E-state index in [1.54, 1.807) is 0 Å². The fraction of sp³-hybridized carbons (Fsp3) is 0.333. The van der Waals surface area contributed by atoms with Crippen molar-refractivity contribution in [1.29, 1.82) is 10.5 Å². The highest BCUT2D eigenvalue weighted by atomic mass is 32.2. The molecule has 1 aromatic heterocycles. The minimum absolute atomic E-state index is 0.143. The van der Waals surface area contributed by atoms with E-state index in [9.17, 15) is 0 Å². The van der Waals surface area contributed by atoms with Crippen molar-refractivity contribution in [2.75, 3.05) is 5.75 Å². The second-order valence-electron chi connectivity index (χ2n) is 4.53. The number of aromatic nitrogens is 3. The summed E-state index contributed by atoms with van der Waals surface area (Å²) in [6, 6.07) is 14.2. The molecule has 0 aliphatic carbocycles. The molecule has 0 amide bonds. The number of nitrogens with zero attached hydrogens (tertiary/aromatic N) is 5. The van der Waals surface area contributed by atoms with E-state index >= 15 is 0 Å². The normalized spacial score (nSPS) is 11.6. The van der Waals surface area contributed by atoms with Crippen LogP contribution in [0.2, 0.25) is 0 Å². The average molecular weight is 297 g/mol. The number of para-hydroxylation sites is 1. The lowest BCUT2D eigenvalue weighted by atomic mass is 10.1. The van der Waals surface area contributed by atoms with Gasteiger partial charge in [0.15, 0.2) is 5.16 Å². The van der Waals surface area contributed by atoms with Crippen LogP contribution in [0.5, 0.6) is 0 Å². The van der Waals surface area contributed by atoms with Crippen LogP contribution in [0.3, 0.4) is 0 Å². The van der Waals surface area contributed by atoms with Crippen molar-refractivity contribution in [1.82, 2.24) is 14.8 Å². The van der Waals surface area contributed by atoms with E-state index in [1.165, 1.54) is 11.8 Å². The smallest absolute Gasteiger partial charge is 0.195 e. The van der Waals surface area contributed by atoms with Gasteiger partial charge in [0, 0.05) is 17.9 Å². The van der Waals surface area contributed by atoms with Crippen LogP contribution >= 0.6 is 11.8 Å². The molecule has 0 saturated heterocycles. The quantitative estimate of drug-likeness (QED) is 0.765. The van der Waals surface area contributed by atoms with Gasteiger partial charge in [-0.25, -0.2) is 0 Å². The Kier molecular flexibility index (Phi) is 5.36. The Labute approximate surface area is 128 Å². The first kappa shape index (κ1) is 15.1. The predicted molar refractivity (Wildman–Crippen MR) is 80.8 cm³/mol. The van der Waals surface area contributed by atoms with Crippen LogP contribution in [-0.4, -0.2) is 20.5 Å². The van der Waals surface area contributed by atoms with Crippen LogP contribution in [0.25, 0.3) is 5.69 Å². The molecule has 2 aromatic rings. The molecule has 1 heterocycles. The van der Waals surface area contributed by atoms with Crippen molar-refractivity contribution < 1.29 is 0 Å². The third-order valence-electron chi connectivity index (χ3n) is 3.01. The van der Waals surface area contributed by atoms with Crippen LogP contribution in [0, 0.1) is 35.5 Å². The van der Waals surface area contributed by atoms with E-state index in [-0.39, 0.29) is 5.92 Å². The third-order valence-corrected chi connectivity index (χ3v) is 4.10. The van der Waals surface area contributed by atoms with E-state index in [0.29, 0.717) is 18.6 Å². The first-order chi connectivity index (χ1) is 10.3. The van der Waals surface area contributed by atoms with E-state index in [0.717, 1.165) is 16.7 Å². The molecule has 0 aliphatic heterocycles. The van der Waals surface area contributed by atoms with Crippen LogP contribution in [0.15, 0.2) is 35.5 Å². The third kappa shape index (κ3) is 3.84. The highest BCUT2D eigenvalue weighted by molar-refractivity contribution is 7.99. The zero-order chi connectivity index (χ0) is 15.1. The molecule has 0 spiro atoms. The molecule has 0 aliphatic rings. The van der Waals surface area contributed by atoms with Gasteiger partial charge in [-0.2, -0.15) is 10.5 Å². The molecule has 1 unspecified atom stereocenters. The molecular formula is C15H15N5S. The highest BCUT2D eigenvalue weighted by Crippen LogP contribution is 2.24. The van der Waals surface area contributed by atoms with E-state index < -0.39 is 0 Å². The van der Waals surface area contributed by atoms with E-state index in [4.69, 9.17) is 10.5 Å². The van der Waals surface area contributed by atoms with Gasteiger partial charge in [-0.05, 0) is 25.5 Å². The monoisotopic (exact) mass is 297 g/mol. The largest absolute Gasteiger partial charge is 0.274 e. The average Bonchev–Trinajstić information content (AvgIpc) is 2.89. The standard InChI is InChI=1S/C15H15N5S/c1-12-18-19-15(20(12)14-7-3-2-4-8-14)21-11-13(10-17)6-5-9-16/h2-4,7-8,13H,5-6,11H2,1H3. The molecule has 6 heteroatoms. The molecule has 1 aromatic carbocycles. The lowest BCUT2D eigenvalue weighted by Gasteiger charge is -2.09. The highest BCUT2D eigenvalue weighted by Gasteiger charge is 2.14. The molecule has 1 atom stereocenters. The van der Waals surface area contributed by atoms with Gasteiger partial charge in [-0.3, -0.25) is 4.57 Å². The van der Waals surface area contributed by atoms with Gasteiger partial charge in [-0.15, -0.1) is 10.2 Å². The van der Waals surface area contributed by atoms with Crippen LogP contribution in [-0.2, 0) is 0 Å². The first-order valence-corrected chi connectivity index (χ1v) is 7.61. The number of thioether (sulfide) groups is 1. The van der Waals surface area contributed by atoms with Crippen molar-refractivity contribution in [2.45, 2.75) is 24.9 Å². The topological polar surface area (TPSA) is 78.3 Å². The summed E-state index contributed by atoms with van der Waals surface area (Å²) in [7, 11) is 0. The summed E-state index contributed by atoms with van der Waals surface area (Å²) in [4.78, 5) is 0. The summed E-state index contributed by atoms with van der Waals surface area (Å²) >= 11 is 1.50. The van der Waals surface area contributed by atoms with Gasteiger partial charge in [0.25, 0.3) is 0 Å². The lowest BCUT2D eigenvalue weighted by Crippen LogP contribution is -2.03. The fourth-order valence-electron chi connectivity index (χ4n) is 1.91. The van der Waals surface area contributed by atoms with Crippen molar-refractivity contribution in [3.05, 3.63) is 36.2 Å². The Hall–Kier alpha value is -2.31. The van der Waals surface area contributed by atoms with Gasteiger partial charge < -0.3 is 0 Å². The molecule has 5 nitrogen and oxygen atoms in total. The molecule has 106 valence electrons. The van der Waals surface area contributed by atoms with E-state index in [2.05, 4.69) is 22.3 Å². The summed E-state index contributed by atoms with van der Waals surface area (Å²) in [5.74, 6) is 1.29. The number of aryl methyl sites for hydroxylation is 1. The minimum Gasteiger partial charge on any atom is -0.274 e. The second-order valence-corrected chi connectivity index (χ2v) is 5.52. The summed E-state index contributed by atoms with van der Waals surface area (Å²) in [5, 5.41) is 26.8. The molecule has 0 bridgehead atoms. The first-order valence-electron chi connectivity index (χ1n) is 6.63. The molecule has 0 N–H and O–H groups in total. The number of hydrogen-bond acceptors (Lipinski definition) is 5. The van der Waals surface area contributed by atoms with Gasteiger partial charge in [-0.1, -0.05) is 30.0 Å². The summed E-state index contributed by atoms with van der Waals surface area (Å²) < 4.78 is 1.98. The van der Waals surface area contributed by atoms with Crippen LogP contribution in [0.1, 0.15) is 18.7 Å². The van der Waals surface area contributed by atoms with E-state index in [1.807, 2.05) is 41.8 Å². The molecular weight excluding hydrogens is 282 g/mol. The van der Waals surface area contributed by atoms with Crippen molar-refractivity contribution >= 4 is 11.8 Å². The number of hydrogen-bond donors (Lipinski definition) is 0. The van der Waals surface area contributed by atoms with Gasteiger partial charge in [0.1, 0.15) is 5.82 Å². The molecule has 0 saturated carbocycles. The van der Waals surface area contributed by atoms with Crippen LogP contribution in [0.4, 0.5) is 0 Å². The number of benzene rings is 1. The summed E-state index contributed by atoms with van der Waals surface area (Å²) in [5.41, 5.74) is 1.01. The Balaban J connectivity index is 2.12. The lowest BCUT2D eigenvalue weighted by molar-refractivity contribution is 0.683. The summed E-state index contributed by atoms with van der Waals surface area (Å²) in [6.07, 6.45) is 1.00. The van der Waals surface area contributed by atoms with Gasteiger partial charge in [0.05, 0.1) is 18.1 Å². The van der Waals surface area contributed by atoms with Gasteiger partial charge >= 0.3 is 0 Å². The predicted octanol–water partition coefficient (Wildman–Crippen LogP) is 3.11. The molecule has 2 rings (SSSR count). The number of rotatable bonds is 6. The maximum Gasteiger partial charge on any atom is 0.195 e. The Morgan fingerprint density at radius 2 is 2.00 bits per heavy atom. The maximum atomic E-state index is 9.11. The maximum absolute atomic E-state index is 9.11. The van der Waals surface area contributed by atoms with Crippen molar-refractivity contribution in [3.8, 4) is 17.8 Å². The Morgan fingerprint density at radius 3 is 2.67 bits per heavy atom. The molecule has 0 fully saturated rings. The molecule has 0 radical (unpaired) electrons. The summed E-state index contributed by atoms with van der Waals surface area (Å²) in [6.45, 7) is 1.90.